The minimum absolute atomic E-state index is 1.37. The Morgan fingerprint density at radius 2 is 1.65 bits per heavy atom. The summed E-state index contributed by atoms with van der Waals surface area (Å²) in [6.45, 7) is 0. The Balaban J connectivity index is 2.10. The van der Waals surface area contributed by atoms with Crippen LogP contribution >= 0.6 is 45.8 Å². The van der Waals surface area contributed by atoms with Crippen LogP contribution in [-0.4, -0.2) is 6.26 Å². The zero-order valence-corrected chi connectivity index (χ0v) is 12.4. The predicted octanol–water partition coefficient (Wildman–Crippen LogP) is 5.93. The van der Waals surface area contributed by atoms with Crippen LogP contribution in [0.4, 0.5) is 0 Å². The quantitative estimate of drug-likeness (QED) is 0.540. The van der Waals surface area contributed by atoms with Crippen molar-refractivity contribution in [1.82, 2.24) is 0 Å². The second-order valence-electron chi connectivity index (χ2n) is 3.46. The molecule has 0 spiro atoms. The molecule has 17 heavy (non-hydrogen) atoms. The van der Waals surface area contributed by atoms with E-state index in [1.165, 1.54) is 24.4 Å². The molecule has 0 aliphatic heterocycles. The summed E-state index contributed by atoms with van der Waals surface area (Å²) in [6.07, 6.45) is 2.15. The van der Waals surface area contributed by atoms with Crippen LogP contribution in [0.25, 0.3) is 19.5 Å². The van der Waals surface area contributed by atoms with Crippen LogP contribution < -0.4 is 0 Å². The zero-order valence-electron chi connectivity index (χ0n) is 9.17. The maximum Gasteiger partial charge on any atom is 0.0585 e. The summed E-state index contributed by atoms with van der Waals surface area (Å²) in [6, 6.07) is 10.9. The third-order valence-electron chi connectivity index (χ3n) is 2.43. The van der Waals surface area contributed by atoms with Crippen LogP contribution in [0.2, 0.25) is 0 Å². The Kier molecular flexibility index (Phi) is 3.38. The maximum atomic E-state index is 2.32. The lowest BCUT2D eigenvalue weighted by Gasteiger charge is -1.95. The fourth-order valence-corrected chi connectivity index (χ4v) is 5.44. The number of hydrogen-bond acceptors (Lipinski definition) is 4. The van der Waals surface area contributed by atoms with E-state index in [1.54, 1.807) is 0 Å². The number of thiophene rings is 3. The number of hydrogen-bond donors (Lipinski definition) is 0. The molecular weight excluding hydrogens is 284 g/mol. The fourth-order valence-electron chi connectivity index (χ4n) is 1.65. The van der Waals surface area contributed by atoms with E-state index in [0.29, 0.717) is 0 Å². The normalized spacial score (nSPS) is 10.9. The van der Waals surface area contributed by atoms with Gasteiger partial charge in [-0.1, -0.05) is 12.1 Å². The van der Waals surface area contributed by atoms with E-state index in [1.807, 2.05) is 45.8 Å². The highest BCUT2D eigenvalue weighted by atomic mass is 32.2. The van der Waals surface area contributed by atoms with Gasteiger partial charge in [-0.25, -0.2) is 0 Å². The highest BCUT2D eigenvalue weighted by Crippen LogP contribution is 2.44. The van der Waals surface area contributed by atoms with E-state index in [4.69, 9.17) is 0 Å². The second kappa shape index (κ2) is 4.98. The largest absolute Gasteiger partial charge is 0.143 e. The van der Waals surface area contributed by atoms with Crippen molar-refractivity contribution in [3.8, 4) is 19.5 Å². The Labute approximate surface area is 117 Å². The minimum Gasteiger partial charge on any atom is -0.143 e. The van der Waals surface area contributed by atoms with Crippen LogP contribution in [0.3, 0.4) is 0 Å². The Bertz CT molecular complexity index is 587. The van der Waals surface area contributed by atoms with E-state index in [2.05, 4.69) is 47.3 Å². The van der Waals surface area contributed by atoms with Gasteiger partial charge in [0, 0.05) is 19.5 Å². The summed E-state index contributed by atoms with van der Waals surface area (Å²) in [5.74, 6) is 0. The Hall–Kier alpha value is -0.550. The monoisotopic (exact) mass is 294 g/mol. The molecule has 0 bridgehead atoms. The Morgan fingerprint density at radius 1 is 0.941 bits per heavy atom. The van der Waals surface area contributed by atoms with Gasteiger partial charge < -0.3 is 0 Å². The zero-order chi connectivity index (χ0) is 11.7. The standard InChI is InChI=1S/C13H10S4/c1-14-12-8-11(9-4-2-6-15-9)17-13(12)10-5-3-7-16-10/h2-8H,1H3. The van der Waals surface area contributed by atoms with Gasteiger partial charge in [0.05, 0.1) is 4.88 Å². The molecule has 3 aromatic rings. The van der Waals surface area contributed by atoms with E-state index < -0.39 is 0 Å². The lowest BCUT2D eigenvalue weighted by Crippen LogP contribution is -1.66. The maximum absolute atomic E-state index is 2.32. The van der Waals surface area contributed by atoms with Gasteiger partial charge in [-0.2, -0.15) is 0 Å². The highest BCUT2D eigenvalue weighted by Gasteiger charge is 2.12. The van der Waals surface area contributed by atoms with Crippen molar-refractivity contribution in [1.29, 1.82) is 0 Å². The molecule has 0 N–H and O–H groups in total. The number of rotatable bonds is 3. The topological polar surface area (TPSA) is 0 Å². The van der Waals surface area contributed by atoms with Crippen molar-refractivity contribution in [2.24, 2.45) is 0 Å². The van der Waals surface area contributed by atoms with E-state index in [-0.39, 0.29) is 0 Å². The fraction of sp³-hybridized carbons (Fsp3) is 0.0769. The van der Waals surface area contributed by atoms with E-state index in [9.17, 15) is 0 Å². The van der Waals surface area contributed by atoms with Crippen LogP contribution in [0.15, 0.2) is 46.0 Å². The molecule has 0 atom stereocenters. The molecule has 0 fully saturated rings. The molecule has 0 unspecified atom stereocenters. The van der Waals surface area contributed by atoms with Gasteiger partial charge in [0.1, 0.15) is 0 Å². The molecule has 0 saturated heterocycles. The van der Waals surface area contributed by atoms with Gasteiger partial charge in [0.2, 0.25) is 0 Å². The summed E-state index contributed by atoms with van der Waals surface area (Å²) in [5, 5.41) is 4.28. The predicted molar refractivity (Wildman–Crippen MR) is 82.7 cm³/mol. The Morgan fingerprint density at radius 3 is 2.24 bits per heavy atom. The minimum atomic E-state index is 1.37. The first-order chi connectivity index (χ1) is 8.38. The molecule has 0 saturated carbocycles. The molecule has 3 heterocycles. The van der Waals surface area contributed by atoms with Gasteiger partial charge in [0.25, 0.3) is 0 Å². The molecule has 0 aliphatic rings. The lowest BCUT2D eigenvalue weighted by molar-refractivity contribution is 1.60. The first-order valence-corrected chi connectivity index (χ1v) is 8.94. The van der Waals surface area contributed by atoms with Crippen LogP contribution in [0.5, 0.6) is 0 Å². The second-order valence-corrected chi connectivity index (χ2v) is 7.26. The van der Waals surface area contributed by atoms with Gasteiger partial charge in [-0.15, -0.1) is 45.8 Å². The molecule has 0 radical (unpaired) electrons. The molecule has 0 nitrogen and oxygen atoms in total. The number of thioether (sulfide) groups is 1. The van der Waals surface area contributed by atoms with Crippen molar-refractivity contribution >= 4 is 45.8 Å². The molecule has 3 rings (SSSR count). The molecule has 86 valence electrons. The van der Waals surface area contributed by atoms with Crippen LogP contribution in [-0.2, 0) is 0 Å². The van der Waals surface area contributed by atoms with E-state index >= 15 is 0 Å². The third-order valence-corrected chi connectivity index (χ3v) is 6.57. The van der Waals surface area contributed by atoms with Crippen molar-refractivity contribution in [2.75, 3.05) is 6.26 Å². The molecule has 0 aromatic carbocycles. The highest BCUT2D eigenvalue weighted by molar-refractivity contribution is 7.99. The average molecular weight is 294 g/mol. The van der Waals surface area contributed by atoms with Gasteiger partial charge in [-0.05, 0) is 35.2 Å². The smallest absolute Gasteiger partial charge is 0.0585 e. The summed E-state index contributed by atoms with van der Waals surface area (Å²) >= 11 is 7.36. The molecule has 0 aliphatic carbocycles. The van der Waals surface area contributed by atoms with Gasteiger partial charge in [-0.3, -0.25) is 0 Å². The average Bonchev–Trinajstić information content (AvgIpc) is 3.09. The summed E-state index contributed by atoms with van der Waals surface area (Å²) in [4.78, 5) is 6.93. The van der Waals surface area contributed by atoms with Crippen molar-refractivity contribution in [3.05, 3.63) is 41.1 Å². The van der Waals surface area contributed by atoms with Crippen LogP contribution in [0.1, 0.15) is 0 Å². The summed E-state index contributed by atoms with van der Waals surface area (Å²) < 4.78 is 0. The molecule has 4 heteroatoms. The van der Waals surface area contributed by atoms with Gasteiger partial charge in [0.15, 0.2) is 0 Å². The molecular formula is C13H10S4. The first-order valence-electron chi connectivity index (χ1n) is 5.14. The van der Waals surface area contributed by atoms with Crippen molar-refractivity contribution in [3.63, 3.8) is 0 Å². The molecule has 0 amide bonds. The lowest BCUT2D eigenvalue weighted by atomic mass is 10.3. The van der Waals surface area contributed by atoms with Crippen molar-refractivity contribution in [2.45, 2.75) is 4.90 Å². The molecule has 3 aromatic heterocycles. The van der Waals surface area contributed by atoms with Crippen molar-refractivity contribution < 1.29 is 0 Å². The van der Waals surface area contributed by atoms with Gasteiger partial charge >= 0.3 is 0 Å². The first kappa shape index (κ1) is 11.5. The van der Waals surface area contributed by atoms with E-state index in [0.717, 1.165) is 0 Å². The summed E-state index contributed by atoms with van der Waals surface area (Å²) in [7, 11) is 0. The third kappa shape index (κ3) is 2.22. The SMILES string of the molecule is CSc1cc(-c2cccs2)sc1-c1cccs1. The van der Waals surface area contributed by atoms with Crippen LogP contribution in [0, 0.1) is 0 Å². The summed E-state index contributed by atoms with van der Waals surface area (Å²) in [5.41, 5.74) is 0.